The lowest BCUT2D eigenvalue weighted by Crippen LogP contribution is -2.15. The number of ether oxygens (including phenoxy) is 1. The van der Waals surface area contributed by atoms with Crippen LogP contribution < -0.4 is 15.8 Å². The minimum absolute atomic E-state index is 0.579. The van der Waals surface area contributed by atoms with Gasteiger partial charge in [-0.1, -0.05) is 19.9 Å². The Morgan fingerprint density at radius 3 is 2.76 bits per heavy atom. The normalized spacial score (nSPS) is 12.2. The summed E-state index contributed by atoms with van der Waals surface area (Å²) in [5, 5.41) is 3.44. The molecule has 17 heavy (non-hydrogen) atoms. The van der Waals surface area contributed by atoms with Crippen LogP contribution in [-0.2, 0) is 6.42 Å². The van der Waals surface area contributed by atoms with E-state index in [1.807, 2.05) is 6.07 Å². The molecule has 0 amide bonds. The van der Waals surface area contributed by atoms with E-state index < -0.39 is 0 Å². The van der Waals surface area contributed by atoms with Crippen LogP contribution in [0.2, 0.25) is 0 Å². The minimum Gasteiger partial charge on any atom is -0.495 e. The quantitative estimate of drug-likeness (QED) is 0.765. The van der Waals surface area contributed by atoms with Gasteiger partial charge in [-0.05, 0) is 43.0 Å². The van der Waals surface area contributed by atoms with Crippen LogP contribution >= 0.6 is 0 Å². The highest BCUT2D eigenvalue weighted by Crippen LogP contribution is 2.26. The Morgan fingerprint density at radius 2 is 2.18 bits per heavy atom. The molecule has 1 aromatic rings. The van der Waals surface area contributed by atoms with Crippen molar-refractivity contribution in [2.24, 2.45) is 11.7 Å². The summed E-state index contributed by atoms with van der Waals surface area (Å²) in [5.41, 5.74) is 7.95. The molecule has 0 bridgehead atoms. The summed E-state index contributed by atoms with van der Waals surface area (Å²) in [6, 6.07) is 6.29. The maximum atomic E-state index is 5.55. The molecule has 0 aliphatic heterocycles. The molecule has 1 unspecified atom stereocenters. The van der Waals surface area contributed by atoms with Crippen molar-refractivity contribution in [1.29, 1.82) is 0 Å². The molecule has 0 saturated heterocycles. The topological polar surface area (TPSA) is 47.3 Å². The molecule has 3 nitrogen and oxygen atoms in total. The molecule has 0 radical (unpaired) electrons. The lowest BCUT2D eigenvalue weighted by atomic mass is 10.1. The number of hydrogen-bond acceptors (Lipinski definition) is 3. The summed E-state index contributed by atoms with van der Waals surface area (Å²) in [6.45, 7) is 6.04. The van der Waals surface area contributed by atoms with Crippen LogP contribution in [0.15, 0.2) is 18.2 Å². The minimum atomic E-state index is 0.579. The lowest BCUT2D eigenvalue weighted by molar-refractivity contribution is 0.416. The van der Waals surface area contributed by atoms with Gasteiger partial charge in [0.25, 0.3) is 0 Å². The van der Waals surface area contributed by atoms with E-state index in [9.17, 15) is 0 Å². The fourth-order valence-electron chi connectivity index (χ4n) is 1.78. The molecular formula is C14H24N2O. The second-order valence-electron chi connectivity index (χ2n) is 4.45. The molecule has 0 aromatic heterocycles. The zero-order valence-corrected chi connectivity index (χ0v) is 11.1. The van der Waals surface area contributed by atoms with Gasteiger partial charge < -0.3 is 15.8 Å². The first kappa shape index (κ1) is 13.8. The van der Waals surface area contributed by atoms with Gasteiger partial charge in [-0.25, -0.2) is 0 Å². The largest absolute Gasteiger partial charge is 0.495 e. The zero-order chi connectivity index (χ0) is 12.7. The van der Waals surface area contributed by atoms with Gasteiger partial charge in [0.05, 0.1) is 12.8 Å². The highest BCUT2D eigenvalue weighted by atomic mass is 16.5. The summed E-state index contributed by atoms with van der Waals surface area (Å²) in [5.74, 6) is 1.48. The Kier molecular flexibility index (Phi) is 5.84. The smallest absolute Gasteiger partial charge is 0.141 e. The van der Waals surface area contributed by atoms with Crippen molar-refractivity contribution in [1.82, 2.24) is 0 Å². The highest BCUT2D eigenvalue weighted by molar-refractivity contribution is 5.58. The van der Waals surface area contributed by atoms with Gasteiger partial charge in [-0.3, -0.25) is 0 Å². The molecule has 3 heteroatoms. The van der Waals surface area contributed by atoms with Gasteiger partial charge in [0.1, 0.15) is 5.75 Å². The molecule has 1 aromatic carbocycles. The molecule has 0 fully saturated rings. The molecule has 0 aliphatic carbocycles. The average molecular weight is 236 g/mol. The summed E-state index contributed by atoms with van der Waals surface area (Å²) in [6.07, 6.45) is 2.08. The maximum absolute atomic E-state index is 5.55. The molecule has 3 N–H and O–H groups in total. The fourth-order valence-corrected chi connectivity index (χ4v) is 1.78. The van der Waals surface area contributed by atoms with Crippen molar-refractivity contribution in [3.05, 3.63) is 23.8 Å². The number of hydrogen-bond donors (Lipinski definition) is 2. The van der Waals surface area contributed by atoms with Crippen LogP contribution in [0.5, 0.6) is 5.75 Å². The van der Waals surface area contributed by atoms with E-state index in [2.05, 4.69) is 31.3 Å². The van der Waals surface area contributed by atoms with Crippen LogP contribution in [0, 0.1) is 5.92 Å². The Labute approximate surface area is 104 Å². The Balaban J connectivity index is 2.67. The van der Waals surface area contributed by atoms with Gasteiger partial charge in [-0.2, -0.15) is 0 Å². The number of anilines is 1. The van der Waals surface area contributed by atoms with E-state index in [-0.39, 0.29) is 0 Å². The SMILES string of the molecule is CCc1ccc(OC)c(NCC(C)CCN)c1. The number of methoxy groups -OCH3 is 1. The molecule has 0 saturated carbocycles. The van der Waals surface area contributed by atoms with Gasteiger partial charge in [0, 0.05) is 6.54 Å². The molecule has 1 atom stereocenters. The van der Waals surface area contributed by atoms with Gasteiger partial charge in [0.2, 0.25) is 0 Å². The van der Waals surface area contributed by atoms with E-state index in [1.165, 1.54) is 5.56 Å². The van der Waals surface area contributed by atoms with E-state index in [4.69, 9.17) is 10.5 Å². The van der Waals surface area contributed by atoms with Crippen LogP contribution in [-0.4, -0.2) is 20.2 Å². The first-order chi connectivity index (χ1) is 8.21. The van der Waals surface area contributed by atoms with E-state index in [0.29, 0.717) is 5.92 Å². The van der Waals surface area contributed by atoms with Gasteiger partial charge in [-0.15, -0.1) is 0 Å². The highest BCUT2D eigenvalue weighted by Gasteiger charge is 2.05. The molecule has 0 heterocycles. The zero-order valence-electron chi connectivity index (χ0n) is 11.1. The third-order valence-corrected chi connectivity index (χ3v) is 2.97. The van der Waals surface area contributed by atoms with Crippen LogP contribution in [0.1, 0.15) is 25.8 Å². The van der Waals surface area contributed by atoms with Crippen molar-refractivity contribution >= 4 is 5.69 Å². The predicted molar refractivity (Wildman–Crippen MR) is 73.7 cm³/mol. The van der Waals surface area contributed by atoms with Crippen molar-refractivity contribution in [2.45, 2.75) is 26.7 Å². The first-order valence-corrected chi connectivity index (χ1v) is 6.32. The number of aryl methyl sites for hydroxylation is 1. The second-order valence-corrected chi connectivity index (χ2v) is 4.45. The van der Waals surface area contributed by atoms with E-state index in [0.717, 1.165) is 37.4 Å². The van der Waals surface area contributed by atoms with Crippen LogP contribution in [0.4, 0.5) is 5.69 Å². The monoisotopic (exact) mass is 236 g/mol. The Morgan fingerprint density at radius 1 is 1.41 bits per heavy atom. The van der Waals surface area contributed by atoms with Crippen LogP contribution in [0.3, 0.4) is 0 Å². The maximum Gasteiger partial charge on any atom is 0.141 e. The van der Waals surface area contributed by atoms with Crippen LogP contribution in [0.25, 0.3) is 0 Å². The Bertz CT molecular complexity index is 339. The summed E-state index contributed by atoms with van der Waals surface area (Å²) in [7, 11) is 1.70. The summed E-state index contributed by atoms with van der Waals surface area (Å²) in [4.78, 5) is 0. The van der Waals surface area contributed by atoms with E-state index in [1.54, 1.807) is 7.11 Å². The molecule has 1 rings (SSSR count). The third kappa shape index (κ3) is 4.27. The van der Waals surface area contributed by atoms with E-state index >= 15 is 0 Å². The van der Waals surface area contributed by atoms with Gasteiger partial charge >= 0.3 is 0 Å². The standard InChI is InChI=1S/C14H24N2O/c1-4-12-5-6-14(17-3)13(9-12)16-10-11(2)7-8-15/h5-6,9,11,16H,4,7-8,10,15H2,1-3H3. The summed E-state index contributed by atoms with van der Waals surface area (Å²) >= 11 is 0. The fraction of sp³-hybridized carbons (Fsp3) is 0.571. The number of benzene rings is 1. The predicted octanol–water partition coefficient (Wildman–Crippen LogP) is 2.65. The number of rotatable bonds is 7. The lowest BCUT2D eigenvalue weighted by Gasteiger charge is -2.15. The summed E-state index contributed by atoms with van der Waals surface area (Å²) < 4.78 is 5.35. The van der Waals surface area contributed by atoms with Gasteiger partial charge in [0.15, 0.2) is 0 Å². The second kappa shape index (κ2) is 7.17. The first-order valence-electron chi connectivity index (χ1n) is 6.32. The van der Waals surface area contributed by atoms with Crippen molar-refractivity contribution in [2.75, 3.05) is 25.5 Å². The van der Waals surface area contributed by atoms with Crippen molar-refractivity contribution < 1.29 is 4.74 Å². The van der Waals surface area contributed by atoms with Crippen molar-refractivity contribution in [3.8, 4) is 5.75 Å². The third-order valence-electron chi connectivity index (χ3n) is 2.97. The Hall–Kier alpha value is -1.22. The van der Waals surface area contributed by atoms with Crippen molar-refractivity contribution in [3.63, 3.8) is 0 Å². The number of nitrogens with two attached hydrogens (primary N) is 1. The number of nitrogens with one attached hydrogen (secondary N) is 1. The molecule has 96 valence electrons. The molecule has 0 aliphatic rings. The molecule has 0 spiro atoms. The molecular weight excluding hydrogens is 212 g/mol. The average Bonchev–Trinajstić information content (AvgIpc) is 2.36.